The maximum Gasteiger partial charge on any atom is 0.240 e. The highest BCUT2D eigenvalue weighted by Gasteiger charge is 2.16. The SMILES string of the molecule is CCNC(C)c1cccn1CC(=O)NC(C)(C)C. The third-order valence-corrected chi connectivity index (χ3v) is 2.65. The molecule has 0 saturated heterocycles. The van der Waals surface area contributed by atoms with Crippen molar-refractivity contribution < 1.29 is 4.79 Å². The van der Waals surface area contributed by atoms with E-state index in [4.69, 9.17) is 0 Å². The van der Waals surface area contributed by atoms with Crippen LogP contribution in [0, 0.1) is 0 Å². The zero-order chi connectivity index (χ0) is 13.8. The molecule has 0 radical (unpaired) electrons. The van der Waals surface area contributed by atoms with E-state index in [9.17, 15) is 4.79 Å². The molecule has 1 rings (SSSR count). The Balaban J connectivity index is 2.68. The van der Waals surface area contributed by atoms with Crippen molar-refractivity contribution in [1.29, 1.82) is 0 Å². The van der Waals surface area contributed by atoms with Crippen molar-refractivity contribution in [2.24, 2.45) is 0 Å². The van der Waals surface area contributed by atoms with Crippen molar-refractivity contribution in [3.05, 3.63) is 24.0 Å². The second-order valence-electron chi connectivity index (χ2n) is 5.64. The summed E-state index contributed by atoms with van der Waals surface area (Å²) >= 11 is 0. The van der Waals surface area contributed by atoms with Crippen LogP contribution < -0.4 is 10.6 Å². The number of nitrogens with zero attached hydrogens (tertiary/aromatic N) is 1. The summed E-state index contributed by atoms with van der Waals surface area (Å²) in [5.74, 6) is 0.0450. The van der Waals surface area contributed by atoms with Crippen LogP contribution in [0.3, 0.4) is 0 Å². The molecule has 2 N–H and O–H groups in total. The van der Waals surface area contributed by atoms with Crippen molar-refractivity contribution >= 4 is 5.91 Å². The van der Waals surface area contributed by atoms with Gasteiger partial charge in [0.2, 0.25) is 5.91 Å². The Kier molecular flexibility index (Phi) is 4.96. The van der Waals surface area contributed by atoms with Gasteiger partial charge in [-0.15, -0.1) is 0 Å². The van der Waals surface area contributed by atoms with Crippen LogP contribution in [0.2, 0.25) is 0 Å². The quantitative estimate of drug-likeness (QED) is 0.841. The van der Waals surface area contributed by atoms with Gasteiger partial charge in [0.05, 0.1) is 0 Å². The summed E-state index contributed by atoms with van der Waals surface area (Å²) in [6.07, 6.45) is 1.95. The zero-order valence-electron chi connectivity index (χ0n) is 12.1. The molecular formula is C14H25N3O. The number of hydrogen-bond acceptors (Lipinski definition) is 2. The molecule has 1 heterocycles. The van der Waals surface area contributed by atoms with Crippen molar-refractivity contribution in [3.63, 3.8) is 0 Å². The third-order valence-electron chi connectivity index (χ3n) is 2.65. The molecule has 0 bridgehead atoms. The van der Waals surface area contributed by atoms with Crippen molar-refractivity contribution in [3.8, 4) is 0 Å². The number of nitrogens with one attached hydrogen (secondary N) is 2. The molecule has 102 valence electrons. The summed E-state index contributed by atoms with van der Waals surface area (Å²) in [5.41, 5.74) is 0.957. The number of hydrogen-bond donors (Lipinski definition) is 2. The molecule has 1 amide bonds. The highest BCUT2D eigenvalue weighted by molar-refractivity contribution is 5.76. The Labute approximate surface area is 110 Å². The average Bonchev–Trinajstić information content (AvgIpc) is 2.62. The molecule has 0 aromatic carbocycles. The van der Waals surface area contributed by atoms with E-state index in [1.807, 2.05) is 37.6 Å². The van der Waals surface area contributed by atoms with Gasteiger partial charge in [0.15, 0.2) is 0 Å². The Morgan fingerprint density at radius 2 is 2.11 bits per heavy atom. The van der Waals surface area contributed by atoms with Crippen molar-refractivity contribution in [2.75, 3.05) is 6.54 Å². The van der Waals surface area contributed by atoms with E-state index in [-0.39, 0.29) is 17.5 Å². The highest BCUT2D eigenvalue weighted by atomic mass is 16.2. The lowest BCUT2D eigenvalue weighted by atomic mass is 10.1. The van der Waals surface area contributed by atoms with E-state index in [2.05, 4.69) is 30.5 Å². The van der Waals surface area contributed by atoms with Gasteiger partial charge >= 0.3 is 0 Å². The first kappa shape index (κ1) is 14.8. The first-order valence-electron chi connectivity index (χ1n) is 6.53. The van der Waals surface area contributed by atoms with Crippen LogP contribution in [-0.4, -0.2) is 22.6 Å². The number of amides is 1. The molecule has 18 heavy (non-hydrogen) atoms. The number of rotatable bonds is 5. The smallest absolute Gasteiger partial charge is 0.240 e. The number of carbonyl (C=O) groups is 1. The van der Waals surface area contributed by atoms with Crippen LogP contribution in [0.1, 0.15) is 46.4 Å². The second-order valence-corrected chi connectivity index (χ2v) is 5.64. The van der Waals surface area contributed by atoms with Crippen molar-refractivity contribution in [1.82, 2.24) is 15.2 Å². The fraction of sp³-hybridized carbons (Fsp3) is 0.643. The van der Waals surface area contributed by atoms with Gasteiger partial charge in [-0.3, -0.25) is 4.79 Å². The van der Waals surface area contributed by atoms with Gasteiger partial charge in [-0.05, 0) is 46.4 Å². The highest BCUT2D eigenvalue weighted by Crippen LogP contribution is 2.13. The zero-order valence-corrected chi connectivity index (χ0v) is 12.1. The van der Waals surface area contributed by atoms with Crippen LogP contribution in [0.5, 0.6) is 0 Å². The molecule has 1 atom stereocenters. The fourth-order valence-corrected chi connectivity index (χ4v) is 1.99. The van der Waals surface area contributed by atoms with Gasteiger partial charge < -0.3 is 15.2 Å². The van der Waals surface area contributed by atoms with Gasteiger partial charge in [-0.1, -0.05) is 6.92 Å². The van der Waals surface area contributed by atoms with Crippen LogP contribution in [0.15, 0.2) is 18.3 Å². The van der Waals surface area contributed by atoms with Gasteiger partial charge in [-0.2, -0.15) is 0 Å². The molecule has 0 aliphatic rings. The average molecular weight is 251 g/mol. The predicted molar refractivity (Wildman–Crippen MR) is 74.4 cm³/mol. The minimum absolute atomic E-state index is 0.0450. The maximum atomic E-state index is 11.9. The lowest BCUT2D eigenvalue weighted by molar-refractivity contribution is -0.123. The van der Waals surface area contributed by atoms with Gasteiger partial charge in [0.25, 0.3) is 0 Å². The van der Waals surface area contributed by atoms with Crippen LogP contribution in [0.4, 0.5) is 0 Å². The van der Waals surface area contributed by atoms with Gasteiger partial charge in [0.1, 0.15) is 6.54 Å². The van der Waals surface area contributed by atoms with Gasteiger partial charge in [0, 0.05) is 23.5 Å². The molecule has 1 aromatic rings. The third kappa shape index (κ3) is 4.53. The minimum atomic E-state index is -0.183. The van der Waals surface area contributed by atoms with Crippen LogP contribution in [-0.2, 0) is 11.3 Å². The molecule has 0 saturated carbocycles. The maximum absolute atomic E-state index is 11.9. The predicted octanol–water partition coefficient (Wildman–Crippen LogP) is 2.07. The summed E-state index contributed by atoms with van der Waals surface area (Å²) in [6, 6.07) is 4.29. The van der Waals surface area contributed by atoms with E-state index in [1.54, 1.807) is 0 Å². The van der Waals surface area contributed by atoms with E-state index < -0.39 is 0 Å². The first-order valence-corrected chi connectivity index (χ1v) is 6.53. The monoisotopic (exact) mass is 251 g/mol. The largest absolute Gasteiger partial charge is 0.350 e. The first-order chi connectivity index (χ1) is 8.33. The van der Waals surface area contributed by atoms with Crippen LogP contribution >= 0.6 is 0 Å². The molecule has 0 fully saturated rings. The molecular weight excluding hydrogens is 226 g/mol. The van der Waals surface area contributed by atoms with Crippen molar-refractivity contribution in [2.45, 2.75) is 52.7 Å². The summed E-state index contributed by atoms with van der Waals surface area (Å²) in [4.78, 5) is 11.9. The Morgan fingerprint density at radius 3 is 2.67 bits per heavy atom. The number of carbonyl (C=O) groups excluding carboxylic acids is 1. The minimum Gasteiger partial charge on any atom is -0.350 e. The fourth-order valence-electron chi connectivity index (χ4n) is 1.99. The molecule has 1 aromatic heterocycles. The Morgan fingerprint density at radius 1 is 1.44 bits per heavy atom. The van der Waals surface area contributed by atoms with E-state index >= 15 is 0 Å². The van der Waals surface area contributed by atoms with E-state index in [0.29, 0.717) is 6.54 Å². The van der Waals surface area contributed by atoms with E-state index in [0.717, 1.165) is 12.2 Å². The Hall–Kier alpha value is -1.29. The summed E-state index contributed by atoms with van der Waals surface area (Å²) in [6.45, 7) is 11.4. The summed E-state index contributed by atoms with van der Waals surface area (Å²) < 4.78 is 1.99. The number of aromatic nitrogens is 1. The summed E-state index contributed by atoms with van der Waals surface area (Å²) in [5, 5.41) is 6.33. The normalized spacial score (nSPS) is 13.4. The summed E-state index contributed by atoms with van der Waals surface area (Å²) in [7, 11) is 0. The second kappa shape index (κ2) is 6.05. The lowest BCUT2D eigenvalue weighted by Crippen LogP contribution is -2.42. The molecule has 0 spiro atoms. The van der Waals surface area contributed by atoms with Gasteiger partial charge in [-0.25, -0.2) is 0 Å². The van der Waals surface area contributed by atoms with E-state index in [1.165, 1.54) is 0 Å². The topological polar surface area (TPSA) is 46.1 Å². The molecule has 4 nitrogen and oxygen atoms in total. The molecule has 0 aliphatic carbocycles. The molecule has 0 aliphatic heterocycles. The Bertz CT molecular complexity index is 390. The van der Waals surface area contributed by atoms with Crippen LogP contribution in [0.25, 0.3) is 0 Å². The standard InChI is InChI=1S/C14H25N3O/c1-6-15-11(2)12-8-7-9-17(12)10-13(18)16-14(3,4)5/h7-9,11,15H,6,10H2,1-5H3,(H,16,18). The lowest BCUT2D eigenvalue weighted by Gasteiger charge is -2.22. The molecule has 1 unspecified atom stereocenters. The molecule has 4 heteroatoms.